The van der Waals surface area contributed by atoms with Gasteiger partial charge in [0.2, 0.25) is 0 Å². The number of rotatable bonds is 6. The van der Waals surface area contributed by atoms with Gasteiger partial charge in [0.15, 0.2) is 0 Å². The minimum absolute atomic E-state index is 0.353. The van der Waals surface area contributed by atoms with Gasteiger partial charge < -0.3 is 14.2 Å². The first-order chi connectivity index (χ1) is 16.6. The van der Waals surface area contributed by atoms with Gasteiger partial charge in [-0.25, -0.2) is 9.18 Å². The number of morpholine rings is 1. The van der Waals surface area contributed by atoms with Gasteiger partial charge in [0.1, 0.15) is 29.5 Å². The van der Waals surface area contributed by atoms with E-state index in [9.17, 15) is 9.18 Å². The summed E-state index contributed by atoms with van der Waals surface area (Å²) in [5.41, 5.74) is 1.33. The minimum atomic E-state index is -0.464. The van der Waals surface area contributed by atoms with E-state index in [-0.39, 0.29) is 5.82 Å². The van der Waals surface area contributed by atoms with Gasteiger partial charge in [0.25, 0.3) is 0 Å². The van der Waals surface area contributed by atoms with Crippen LogP contribution in [0, 0.1) is 5.82 Å². The number of carbonyl (C=O) groups is 1. The van der Waals surface area contributed by atoms with Crippen LogP contribution in [0.5, 0.6) is 11.5 Å². The van der Waals surface area contributed by atoms with E-state index in [2.05, 4.69) is 4.90 Å². The molecule has 2 aliphatic heterocycles. The third kappa shape index (κ3) is 5.01. The molecule has 2 heterocycles. The second kappa shape index (κ2) is 10.0. The number of nitrogens with zero attached hydrogens (tertiary/aromatic N) is 2. The smallest absolute Gasteiger partial charge is 0.415 e. The van der Waals surface area contributed by atoms with E-state index in [0.717, 1.165) is 13.1 Å². The van der Waals surface area contributed by atoms with Gasteiger partial charge in [0, 0.05) is 30.3 Å². The van der Waals surface area contributed by atoms with Crippen molar-refractivity contribution in [3.8, 4) is 11.5 Å². The highest BCUT2D eigenvalue weighted by Crippen LogP contribution is 2.39. The fourth-order valence-electron chi connectivity index (χ4n) is 4.34. The van der Waals surface area contributed by atoms with Crippen LogP contribution in [0.25, 0.3) is 0 Å². The van der Waals surface area contributed by atoms with Crippen LogP contribution in [-0.4, -0.2) is 49.9 Å². The molecule has 3 aromatic rings. The second-order valence-electron chi connectivity index (χ2n) is 8.25. The molecule has 3 aromatic carbocycles. The molecule has 34 heavy (non-hydrogen) atoms. The Morgan fingerprint density at radius 1 is 0.971 bits per heavy atom. The van der Waals surface area contributed by atoms with Crippen molar-refractivity contribution in [1.82, 2.24) is 4.90 Å². The maximum atomic E-state index is 14.1. The van der Waals surface area contributed by atoms with E-state index >= 15 is 0 Å². The summed E-state index contributed by atoms with van der Waals surface area (Å²) in [6.45, 7) is 3.36. The lowest BCUT2D eigenvalue weighted by Crippen LogP contribution is -2.43. The average molecular weight is 483 g/mol. The number of cyclic esters (lactones) is 1. The molecule has 0 bridgehead atoms. The van der Waals surface area contributed by atoms with Gasteiger partial charge in [-0.3, -0.25) is 9.80 Å². The number of ether oxygens (including phenoxy) is 3. The van der Waals surface area contributed by atoms with Crippen molar-refractivity contribution in [3.05, 3.63) is 89.2 Å². The van der Waals surface area contributed by atoms with Gasteiger partial charge >= 0.3 is 6.09 Å². The molecule has 0 N–H and O–H groups in total. The summed E-state index contributed by atoms with van der Waals surface area (Å²) in [5, 5.41) is 0.630. The van der Waals surface area contributed by atoms with E-state index in [1.165, 1.54) is 12.1 Å². The quantitative estimate of drug-likeness (QED) is 0.453. The van der Waals surface area contributed by atoms with Crippen molar-refractivity contribution in [1.29, 1.82) is 0 Å². The van der Waals surface area contributed by atoms with Crippen molar-refractivity contribution in [3.63, 3.8) is 0 Å². The van der Waals surface area contributed by atoms with Crippen molar-refractivity contribution in [2.75, 3.05) is 37.7 Å². The fourth-order valence-corrected chi connectivity index (χ4v) is 4.47. The molecule has 0 aliphatic carbocycles. The standard InChI is InChI=1S/C26H24ClFN2O4/c27-19-4-8-22(9-5-19)33-23-10-6-21(7-11-23)30-25(18-2-1-3-20(28)16-18)24(34-26(30)31)17-29-12-14-32-15-13-29/h1-11,16,24-25H,12-15,17H2/t24-,25-/m0/s1. The van der Waals surface area contributed by atoms with Crippen LogP contribution >= 0.6 is 11.6 Å². The number of anilines is 1. The molecule has 0 spiro atoms. The van der Waals surface area contributed by atoms with Gasteiger partial charge in [-0.05, 0) is 66.2 Å². The summed E-state index contributed by atoms with van der Waals surface area (Å²) in [7, 11) is 0. The summed E-state index contributed by atoms with van der Waals surface area (Å²) in [6, 6.07) is 20.1. The maximum absolute atomic E-state index is 14.1. The van der Waals surface area contributed by atoms with E-state index in [0.29, 0.717) is 47.5 Å². The van der Waals surface area contributed by atoms with Gasteiger partial charge in [-0.2, -0.15) is 0 Å². The van der Waals surface area contributed by atoms with Gasteiger partial charge in [-0.15, -0.1) is 0 Å². The molecule has 2 fully saturated rings. The first kappa shape index (κ1) is 22.7. The number of hydrogen-bond acceptors (Lipinski definition) is 5. The third-order valence-corrected chi connectivity index (χ3v) is 6.23. The zero-order valence-electron chi connectivity index (χ0n) is 18.4. The summed E-state index contributed by atoms with van der Waals surface area (Å²) >= 11 is 5.93. The van der Waals surface area contributed by atoms with Crippen LogP contribution in [0.3, 0.4) is 0 Å². The Bertz CT molecular complexity index is 1140. The zero-order valence-corrected chi connectivity index (χ0v) is 19.2. The van der Waals surface area contributed by atoms with E-state index in [4.69, 9.17) is 25.8 Å². The Morgan fingerprint density at radius 2 is 1.65 bits per heavy atom. The highest BCUT2D eigenvalue weighted by molar-refractivity contribution is 6.30. The Hall–Kier alpha value is -3.13. The zero-order chi connectivity index (χ0) is 23.5. The molecule has 0 radical (unpaired) electrons. The molecule has 0 aromatic heterocycles. The molecule has 2 saturated heterocycles. The predicted molar refractivity (Wildman–Crippen MR) is 127 cm³/mol. The number of benzene rings is 3. The Labute approximate surface area is 202 Å². The minimum Gasteiger partial charge on any atom is -0.457 e. The number of carbonyl (C=O) groups excluding carboxylic acids is 1. The summed E-state index contributed by atoms with van der Waals surface area (Å²) in [4.78, 5) is 16.8. The maximum Gasteiger partial charge on any atom is 0.415 e. The van der Waals surface area contributed by atoms with Crippen LogP contribution in [0.15, 0.2) is 72.8 Å². The van der Waals surface area contributed by atoms with Crippen LogP contribution < -0.4 is 9.64 Å². The predicted octanol–water partition coefficient (Wildman–Crippen LogP) is 5.67. The lowest BCUT2D eigenvalue weighted by atomic mass is 9.99. The molecule has 5 rings (SSSR count). The van der Waals surface area contributed by atoms with Crippen LogP contribution in [-0.2, 0) is 9.47 Å². The number of halogens is 2. The van der Waals surface area contributed by atoms with Crippen molar-refractivity contribution in [2.45, 2.75) is 12.1 Å². The van der Waals surface area contributed by atoms with Crippen LogP contribution in [0.2, 0.25) is 5.02 Å². The van der Waals surface area contributed by atoms with E-state index < -0.39 is 18.2 Å². The molecule has 0 saturated carbocycles. The van der Waals surface area contributed by atoms with Gasteiger partial charge in [0.05, 0.1) is 13.2 Å². The SMILES string of the molecule is O=C1O[C@@H](CN2CCOCC2)[C@H](c2cccc(F)c2)N1c1ccc(Oc2ccc(Cl)cc2)cc1. The molecule has 1 amide bonds. The topological polar surface area (TPSA) is 51.2 Å². The summed E-state index contributed by atoms with van der Waals surface area (Å²) in [6.07, 6.45) is -0.906. The lowest BCUT2D eigenvalue weighted by Gasteiger charge is -2.31. The number of amides is 1. The molecular weight excluding hydrogens is 459 g/mol. The summed E-state index contributed by atoms with van der Waals surface area (Å²) in [5.74, 6) is 0.917. The highest BCUT2D eigenvalue weighted by Gasteiger charge is 2.44. The summed E-state index contributed by atoms with van der Waals surface area (Å²) < 4.78 is 31.2. The largest absolute Gasteiger partial charge is 0.457 e. The van der Waals surface area contributed by atoms with Crippen LogP contribution in [0.1, 0.15) is 11.6 Å². The Morgan fingerprint density at radius 3 is 2.32 bits per heavy atom. The monoisotopic (exact) mass is 482 g/mol. The van der Waals surface area contributed by atoms with E-state index in [1.54, 1.807) is 59.5 Å². The molecular formula is C26H24ClFN2O4. The third-order valence-electron chi connectivity index (χ3n) is 5.98. The molecule has 8 heteroatoms. The highest BCUT2D eigenvalue weighted by atomic mass is 35.5. The average Bonchev–Trinajstić information content (AvgIpc) is 3.17. The molecule has 2 aliphatic rings. The normalized spacial score (nSPS) is 20.9. The van der Waals surface area contributed by atoms with Crippen molar-refractivity contribution >= 4 is 23.4 Å². The first-order valence-corrected chi connectivity index (χ1v) is 11.5. The van der Waals surface area contributed by atoms with Crippen molar-refractivity contribution < 1.29 is 23.4 Å². The fraction of sp³-hybridized carbons (Fsp3) is 0.269. The number of hydrogen-bond donors (Lipinski definition) is 0. The first-order valence-electron chi connectivity index (χ1n) is 11.2. The Balaban J connectivity index is 1.41. The molecule has 176 valence electrons. The van der Waals surface area contributed by atoms with Crippen molar-refractivity contribution in [2.24, 2.45) is 0 Å². The Kier molecular flexibility index (Phi) is 6.67. The molecule has 2 atom stereocenters. The second-order valence-corrected chi connectivity index (χ2v) is 8.69. The lowest BCUT2D eigenvalue weighted by molar-refractivity contribution is 0.0147. The molecule has 6 nitrogen and oxygen atoms in total. The van der Waals surface area contributed by atoms with E-state index in [1.807, 2.05) is 6.07 Å². The van der Waals surface area contributed by atoms with Crippen LogP contribution in [0.4, 0.5) is 14.9 Å². The van der Waals surface area contributed by atoms with Gasteiger partial charge in [-0.1, -0.05) is 23.7 Å². The molecule has 0 unspecified atom stereocenters.